The first kappa shape index (κ1) is 20.2. The molecule has 0 saturated carbocycles. The third kappa shape index (κ3) is 5.65. The summed E-state index contributed by atoms with van der Waals surface area (Å²) in [5.41, 5.74) is 3.19. The Morgan fingerprint density at radius 3 is 2.20 bits per heavy atom. The standard InChI is InChI=1S/C17H19N3O4.ClH/c1-22-14-9-13(10-15(23-2)17(14)24-3)11-18-19-16(21)12-20-7-5-4-6-8-20;/h4-11H,12H2,1-3H3;1H. The minimum Gasteiger partial charge on any atom is -1.00 e. The molecule has 0 bridgehead atoms. The number of hydrogen-bond acceptors (Lipinski definition) is 5. The van der Waals surface area contributed by atoms with Crippen molar-refractivity contribution in [2.45, 2.75) is 6.54 Å². The molecular formula is C17H20ClN3O4. The van der Waals surface area contributed by atoms with Gasteiger partial charge in [-0.05, 0) is 12.1 Å². The second kappa shape index (κ2) is 10.1. The molecule has 0 aliphatic carbocycles. The summed E-state index contributed by atoms with van der Waals surface area (Å²) in [4.78, 5) is 11.8. The van der Waals surface area contributed by atoms with Crippen LogP contribution in [0.25, 0.3) is 0 Å². The number of carbonyl (C=O) groups is 1. The molecule has 1 aromatic carbocycles. The maximum atomic E-state index is 11.8. The molecule has 0 atom stereocenters. The van der Waals surface area contributed by atoms with Crippen LogP contribution in [0.15, 0.2) is 47.8 Å². The number of rotatable bonds is 7. The molecule has 0 aliphatic heterocycles. The van der Waals surface area contributed by atoms with Crippen molar-refractivity contribution in [1.29, 1.82) is 0 Å². The second-order valence-electron chi connectivity index (χ2n) is 4.80. The molecule has 0 fully saturated rings. The van der Waals surface area contributed by atoms with Gasteiger partial charge in [0.1, 0.15) is 0 Å². The molecule has 25 heavy (non-hydrogen) atoms. The van der Waals surface area contributed by atoms with E-state index in [2.05, 4.69) is 10.5 Å². The van der Waals surface area contributed by atoms with Crippen LogP contribution in [0.1, 0.15) is 5.56 Å². The van der Waals surface area contributed by atoms with Crippen molar-refractivity contribution < 1.29 is 36.0 Å². The summed E-state index contributed by atoms with van der Waals surface area (Å²) in [5, 5.41) is 3.95. The fraction of sp³-hybridized carbons (Fsp3) is 0.235. The number of pyridine rings is 1. The number of carbonyl (C=O) groups excluding carboxylic acids is 1. The van der Waals surface area contributed by atoms with Crippen LogP contribution in [0, 0.1) is 0 Å². The lowest BCUT2D eigenvalue weighted by molar-refractivity contribution is -0.684. The van der Waals surface area contributed by atoms with Gasteiger partial charge in [-0.2, -0.15) is 9.67 Å². The first-order chi connectivity index (χ1) is 11.7. The van der Waals surface area contributed by atoms with Crippen molar-refractivity contribution in [3.8, 4) is 17.2 Å². The van der Waals surface area contributed by atoms with E-state index in [0.717, 1.165) is 0 Å². The van der Waals surface area contributed by atoms with Crippen LogP contribution in [0.5, 0.6) is 17.2 Å². The number of halogens is 1. The lowest BCUT2D eigenvalue weighted by Crippen LogP contribution is -3.00. The fourth-order valence-corrected chi connectivity index (χ4v) is 2.10. The van der Waals surface area contributed by atoms with E-state index in [9.17, 15) is 4.79 Å². The average Bonchev–Trinajstić information content (AvgIpc) is 2.61. The summed E-state index contributed by atoms with van der Waals surface area (Å²) in [6.07, 6.45) is 5.13. The Morgan fingerprint density at radius 2 is 1.68 bits per heavy atom. The molecule has 2 aromatic rings. The normalized spacial score (nSPS) is 10.0. The van der Waals surface area contributed by atoms with Crippen molar-refractivity contribution in [1.82, 2.24) is 5.43 Å². The number of methoxy groups -OCH3 is 3. The molecule has 1 amide bonds. The van der Waals surface area contributed by atoms with Crippen LogP contribution in [0.3, 0.4) is 0 Å². The van der Waals surface area contributed by atoms with E-state index >= 15 is 0 Å². The minimum absolute atomic E-state index is 0. The summed E-state index contributed by atoms with van der Waals surface area (Å²) in [6.45, 7) is 0.188. The smallest absolute Gasteiger partial charge is 0.305 e. The highest BCUT2D eigenvalue weighted by atomic mass is 35.5. The summed E-state index contributed by atoms with van der Waals surface area (Å²) in [6, 6.07) is 9.07. The zero-order valence-corrected chi connectivity index (χ0v) is 15.0. The maximum absolute atomic E-state index is 11.8. The molecule has 0 saturated heterocycles. The van der Waals surface area contributed by atoms with Gasteiger partial charge in [-0.25, -0.2) is 5.43 Å². The number of ether oxygens (including phenoxy) is 3. The molecule has 0 spiro atoms. The summed E-state index contributed by atoms with van der Waals surface area (Å²) >= 11 is 0. The van der Waals surface area contributed by atoms with E-state index in [1.165, 1.54) is 27.5 Å². The van der Waals surface area contributed by atoms with Crippen LogP contribution < -0.4 is 36.6 Å². The molecule has 1 heterocycles. The van der Waals surface area contributed by atoms with E-state index in [-0.39, 0.29) is 24.9 Å². The molecule has 1 N–H and O–H groups in total. The molecule has 0 radical (unpaired) electrons. The Balaban J connectivity index is 0.00000312. The van der Waals surface area contributed by atoms with Gasteiger partial charge in [-0.1, -0.05) is 6.07 Å². The Labute approximate surface area is 152 Å². The Morgan fingerprint density at radius 1 is 1.08 bits per heavy atom. The summed E-state index contributed by atoms with van der Waals surface area (Å²) < 4.78 is 17.5. The number of hydrogen-bond donors (Lipinski definition) is 1. The van der Waals surface area contributed by atoms with E-state index in [1.54, 1.807) is 16.7 Å². The number of benzene rings is 1. The topological polar surface area (TPSA) is 73.0 Å². The average molecular weight is 366 g/mol. The van der Waals surface area contributed by atoms with Gasteiger partial charge in [0.15, 0.2) is 23.9 Å². The molecular weight excluding hydrogens is 346 g/mol. The van der Waals surface area contributed by atoms with Gasteiger partial charge in [-0.15, -0.1) is 0 Å². The Bertz CT molecular complexity index is 698. The van der Waals surface area contributed by atoms with Crippen LogP contribution in [0.4, 0.5) is 0 Å². The van der Waals surface area contributed by atoms with Crippen molar-refractivity contribution in [2.75, 3.05) is 21.3 Å². The Kier molecular flexibility index (Phi) is 8.22. The monoisotopic (exact) mass is 365 g/mol. The molecule has 8 heteroatoms. The predicted molar refractivity (Wildman–Crippen MR) is 88.5 cm³/mol. The largest absolute Gasteiger partial charge is 1.00 e. The first-order valence-corrected chi connectivity index (χ1v) is 7.24. The van der Waals surface area contributed by atoms with Gasteiger partial charge in [0, 0.05) is 17.7 Å². The summed E-state index contributed by atoms with van der Waals surface area (Å²) in [7, 11) is 4.61. The highest BCUT2D eigenvalue weighted by Gasteiger charge is 2.12. The zero-order valence-electron chi connectivity index (χ0n) is 14.2. The molecule has 2 rings (SSSR count). The van der Waals surface area contributed by atoms with E-state index in [4.69, 9.17) is 14.2 Å². The molecule has 134 valence electrons. The third-order valence-electron chi connectivity index (χ3n) is 3.19. The lowest BCUT2D eigenvalue weighted by atomic mass is 10.2. The second-order valence-corrected chi connectivity index (χ2v) is 4.80. The van der Waals surface area contributed by atoms with Crippen LogP contribution in [-0.4, -0.2) is 33.5 Å². The van der Waals surface area contributed by atoms with E-state index in [0.29, 0.717) is 22.8 Å². The highest BCUT2D eigenvalue weighted by molar-refractivity contribution is 5.84. The number of hydrazone groups is 1. The third-order valence-corrected chi connectivity index (χ3v) is 3.19. The number of amides is 1. The van der Waals surface area contributed by atoms with Gasteiger partial charge in [0.05, 0.1) is 27.5 Å². The Hall–Kier alpha value is -2.80. The zero-order chi connectivity index (χ0) is 17.4. The molecule has 7 nitrogen and oxygen atoms in total. The van der Waals surface area contributed by atoms with Crippen LogP contribution in [0.2, 0.25) is 0 Å². The SMILES string of the molecule is COc1cc(C=NNC(=O)C[n+]2ccccc2)cc(OC)c1OC.[Cl-]. The molecule has 0 unspecified atom stereocenters. The highest BCUT2D eigenvalue weighted by Crippen LogP contribution is 2.37. The first-order valence-electron chi connectivity index (χ1n) is 7.24. The number of nitrogens with one attached hydrogen (secondary N) is 1. The number of aromatic nitrogens is 1. The van der Waals surface area contributed by atoms with Crippen LogP contribution >= 0.6 is 0 Å². The van der Waals surface area contributed by atoms with Gasteiger partial charge >= 0.3 is 5.91 Å². The van der Waals surface area contributed by atoms with E-state index < -0.39 is 0 Å². The van der Waals surface area contributed by atoms with E-state index in [1.807, 2.05) is 30.6 Å². The van der Waals surface area contributed by atoms with Crippen molar-refractivity contribution in [2.24, 2.45) is 5.10 Å². The summed E-state index contributed by atoms with van der Waals surface area (Å²) in [5.74, 6) is 1.31. The quantitative estimate of drug-likeness (QED) is 0.355. The molecule has 1 aromatic heterocycles. The van der Waals surface area contributed by atoms with Gasteiger partial charge in [-0.3, -0.25) is 4.79 Å². The van der Waals surface area contributed by atoms with Gasteiger partial charge in [0.25, 0.3) is 0 Å². The number of nitrogens with zero attached hydrogens (tertiary/aromatic N) is 2. The van der Waals surface area contributed by atoms with Gasteiger partial charge in [0.2, 0.25) is 12.3 Å². The lowest BCUT2D eigenvalue weighted by Gasteiger charge is -2.12. The fourth-order valence-electron chi connectivity index (χ4n) is 2.10. The van der Waals surface area contributed by atoms with Crippen molar-refractivity contribution >= 4 is 12.1 Å². The van der Waals surface area contributed by atoms with Crippen LogP contribution in [-0.2, 0) is 11.3 Å². The van der Waals surface area contributed by atoms with Gasteiger partial charge < -0.3 is 26.6 Å². The predicted octanol–water partition coefficient (Wildman–Crippen LogP) is -1.85. The maximum Gasteiger partial charge on any atom is 0.305 e. The van der Waals surface area contributed by atoms with Crippen molar-refractivity contribution in [3.05, 3.63) is 48.3 Å². The minimum atomic E-state index is -0.227. The molecule has 0 aliphatic rings. The van der Waals surface area contributed by atoms with Crippen molar-refractivity contribution in [3.63, 3.8) is 0 Å².